The lowest BCUT2D eigenvalue weighted by Crippen LogP contribution is -2.12. The lowest BCUT2D eigenvalue weighted by atomic mass is 10.0. The minimum absolute atomic E-state index is 0.0481. The van der Waals surface area contributed by atoms with Crippen LogP contribution in [0, 0.1) is 17.7 Å². The van der Waals surface area contributed by atoms with Crippen LogP contribution in [-0.2, 0) is 0 Å². The summed E-state index contributed by atoms with van der Waals surface area (Å²) in [5.74, 6) is -0.0407. The molecule has 6 heteroatoms. The van der Waals surface area contributed by atoms with Crippen molar-refractivity contribution in [2.45, 2.75) is 32.0 Å². The van der Waals surface area contributed by atoms with Crippen LogP contribution in [-0.4, -0.2) is 20.5 Å². The Morgan fingerprint density at radius 2 is 2.05 bits per heavy atom. The summed E-state index contributed by atoms with van der Waals surface area (Å²) in [6.45, 7) is 1.99. The van der Waals surface area contributed by atoms with E-state index in [1.807, 2.05) is 6.92 Å². The molecule has 0 unspecified atom stereocenters. The normalized spacial score (nSPS) is 29.4. The minimum Gasteiger partial charge on any atom is -0.290 e. The third-order valence-corrected chi connectivity index (χ3v) is 4.59. The highest BCUT2D eigenvalue weighted by atomic mass is 19.1. The van der Waals surface area contributed by atoms with Gasteiger partial charge in [0.1, 0.15) is 5.82 Å². The van der Waals surface area contributed by atoms with Crippen molar-refractivity contribution in [1.29, 1.82) is 0 Å². The molecule has 4 atom stereocenters. The largest absolute Gasteiger partial charge is 0.290 e. The van der Waals surface area contributed by atoms with Gasteiger partial charge >= 0.3 is 0 Å². The van der Waals surface area contributed by atoms with Gasteiger partial charge in [-0.15, -0.1) is 5.10 Å². The van der Waals surface area contributed by atoms with Crippen molar-refractivity contribution in [2.75, 3.05) is 0 Å². The number of aromatic nitrogens is 3. The van der Waals surface area contributed by atoms with Crippen molar-refractivity contribution in [3.8, 4) is 0 Å². The molecule has 0 saturated heterocycles. The Morgan fingerprint density at radius 3 is 2.73 bits per heavy atom. The van der Waals surface area contributed by atoms with Crippen LogP contribution in [0.3, 0.4) is 0 Å². The Hall–Kier alpha value is -2.11. The topological polar surface area (TPSA) is 47.8 Å². The molecule has 0 bridgehead atoms. The fraction of sp³-hybridized carbons (Fsp3) is 0.438. The molecule has 22 heavy (non-hydrogen) atoms. The van der Waals surface area contributed by atoms with Gasteiger partial charge in [-0.05, 0) is 18.4 Å². The molecule has 114 valence electrons. The van der Waals surface area contributed by atoms with E-state index in [1.165, 1.54) is 10.7 Å². The Kier molecular flexibility index (Phi) is 2.89. The van der Waals surface area contributed by atoms with Crippen molar-refractivity contribution in [1.82, 2.24) is 14.8 Å². The average molecular weight is 303 g/mol. The fourth-order valence-electron chi connectivity index (χ4n) is 3.14. The second-order valence-electron chi connectivity index (χ2n) is 6.16. The first-order chi connectivity index (χ1) is 10.6. The summed E-state index contributed by atoms with van der Waals surface area (Å²) in [5, 5.41) is 4.19. The number of alkyl halides is 1. The Morgan fingerprint density at radius 1 is 1.32 bits per heavy atom. The van der Waals surface area contributed by atoms with Crippen LogP contribution in [0.5, 0.6) is 0 Å². The van der Waals surface area contributed by atoms with E-state index in [4.69, 9.17) is 0 Å². The van der Waals surface area contributed by atoms with Crippen LogP contribution in [0.25, 0.3) is 0 Å². The summed E-state index contributed by atoms with van der Waals surface area (Å²) in [5.41, 5.74) is 0.382. The predicted octanol–water partition coefficient (Wildman–Crippen LogP) is 3.26. The highest BCUT2D eigenvalue weighted by Crippen LogP contribution is 2.42. The quantitative estimate of drug-likeness (QED) is 0.818. The zero-order valence-electron chi connectivity index (χ0n) is 12.0. The van der Waals surface area contributed by atoms with Crippen molar-refractivity contribution in [2.24, 2.45) is 11.8 Å². The Labute approximate surface area is 126 Å². The van der Waals surface area contributed by atoms with Crippen LogP contribution in [0.1, 0.15) is 54.0 Å². The Balaban J connectivity index is 1.72. The maximum Gasteiger partial charge on any atom is 0.217 e. The number of rotatable bonds is 3. The van der Waals surface area contributed by atoms with Crippen LogP contribution in [0.2, 0.25) is 0 Å². The molecule has 1 fully saturated rings. The summed E-state index contributed by atoms with van der Waals surface area (Å²) in [4.78, 5) is 16.3. The molecule has 2 aromatic rings. The lowest BCUT2D eigenvalue weighted by molar-refractivity contribution is 0.0951. The summed E-state index contributed by atoms with van der Waals surface area (Å²) in [6.07, 6.45) is -0.390. The summed E-state index contributed by atoms with van der Waals surface area (Å²) >= 11 is 0. The standard InChI is InChI=1S/C16H15F2N3O/c1-8-6-10(8)14(22)15-19-16-12(18)7-13(21(16)20-15)9-4-2-3-5-11(9)17/h2-5,8,10,12-13H,6-7H2,1H3/t8-,10-,12-,13-/m0/s1. The maximum atomic E-state index is 14.2. The second-order valence-corrected chi connectivity index (χ2v) is 6.16. The smallest absolute Gasteiger partial charge is 0.217 e. The highest BCUT2D eigenvalue weighted by molar-refractivity contribution is 5.96. The maximum absolute atomic E-state index is 14.2. The van der Waals surface area contributed by atoms with Gasteiger partial charge in [0.15, 0.2) is 12.0 Å². The third kappa shape index (κ3) is 1.97. The molecule has 4 nitrogen and oxygen atoms in total. The molecule has 1 aromatic heterocycles. The number of hydrogen-bond donors (Lipinski definition) is 0. The summed E-state index contributed by atoms with van der Waals surface area (Å²) in [6, 6.07) is 5.71. The third-order valence-electron chi connectivity index (χ3n) is 4.59. The van der Waals surface area contributed by atoms with Crippen molar-refractivity contribution >= 4 is 5.78 Å². The zero-order valence-corrected chi connectivity index (χ0v) is 12.0. The van der Waals surface area contributed by atoms with Gasteiger partial charge in [0, 0.05) is 17.9 Å². The van der Waals surface area contributed by atoms with Crippen molar-refractivity contribution in [3.05, 3.63) is 47.3 Å². The molecular formula is C16H15F2N3O. The number of hydrogen-bond acceptors (Lipinski definition) is 3. The number of carbonyl (C=O) groups excluding carboxylic acids is 1. The first-order valence-electron chi connectivity index (χ1n) is 7.45. The monoisotopic (exact) mass is 303 g/mol. The summed E-state index contributed by atoms with van der Waals surface area (Å²) in [7, 11) is 0. The molecule has 2 aliphatic rings. The summed E-state index contributed by atoms with van der Waals surface area (Å²) < 4.78 is 29.5. The van der Waals surface area contributed by atoms with Gasteiger partial charge in [0.05, 0.1) is 6.04 Å². The zero-order chi connectivity index (χ0) is 15.4. The molecule has 0 N–H and O–H groups in total. The molecule has 0 radical (unpaired) electrons. The van der Waals surface area contributed by atoms with E-state index < -0.39 is 18.0 Å². The van der Waals surface area contributed by atoms with Gasteiger partial charge in [-0.3, -0.25) is 4.79 Å². The van der Waals surface area contributed by atoms with Crippen molar-refractivity contribution < 1.29 is 13.6 Å². The predicted molar refractivity (Wildman–Crippen MR) is 74.6 cm³/mol. The van der Waals surface area contributed by atoms with E-state index in [9.17, 15) is 13.6 Å². The van der Waals surface area contributed by atoms with E-state index in [-0.39, 0.29) is 29.8 Å². The lowest BCUT2D eigenvalue weighted by Gasteiger charge is -2.12. The number of benzene rings is 1. The fourth-order valence-corrected chi connectivity index (χ4v) is 3.14. The highest BCUT2D eigenvalue weighted by Gasteiger charge is 2.43. The SMILES string of the molecule is C[C@H]1C[C@@H]1C(=O)c1nc2n(n1)[C@H](c1ccccc1F)C[C@@H]2F. The van der Waals surface area contributed by atoms with E-state index in [0.717, 1.165) is 6.42 Å². The number of halogens is 2. The molecule has 0 amide bonds. The van der Waals surface area contributed by atoms with E-state index in [1.54, 1.807) is 18.2 Å². The van der Waals surface area contributed by atoms with E-state index in [0.29, 0.717) is 11.5 Å². The van der Waals surface area contributed by atoms with Crippen LogP contribution >= 0.6 is 0 Å². The molecule has 1 saturated carbocycles. The molecular weight excluding hydrogens is 288 g/mol. The number of carbonyl (C=O) groups is 1. The first-order valence-corrected chi connectivity index (χ1v) is 7.45. The first kappa shape index (κ1) is 13.5. The van der Waals surface area contributed by atoms with Crippen molar-refractivity contribution in [3.63, 3.8) is 0 Å². The van der Waals surface area contributed by atoms with Crippen LogP contribution in [0.4, 0.5) is 8.78 Å². The Bertz CT molecular complexity index is 758. The molecule has 1 aliphatic carbocycles. The molecule has 2 heterocycles. The molecule has 0 spiro atoms. The van der Waals surface area contributed by atoms with Gasteiger partial charge in [-0.25, -0.2) is 18.4 Å². The van der Waals surface area contributed by atoms with Crippen LogP contribution in [0.15, 0.2) is 24.3 Å². The number of fused-ring (bicyclic) bond motifs is 1. The molecule has 1 aliphatic heterocycles. The molecule has 4 rings (SSSR count). The molecule has 1 aromatic carbocycles. The average Bonchev–Trinajstić information content (AvgIpc) is 2.95. The van der Waals surface area contributed by atoms with Gasteiger partial charge in [0.2, 0.25) is 11.6 Å². The van der Waals surface area contributed by atoms with Gasteiger partial charge in [-0.2, -0.15) is 0 Å². The van der Waals surface area contributed by atoms with Gasteiger partial charge in [-0.1, -0.05) is 25.1 Å². The van der Waals surface area contributed by atoms with Crippen LogP contribution < -0.4 is 0 Å². The minimum atomic E-state index is -1.32. The van der Waals surface area contributed by atoms with Gasteiger partial charge < -0.3 is 0 Å². The number of nitrogens with zero attached hydrogens (tertiary/aromatic N) is 3. The van der Waals surface area contributed by atoms with E-state index in [2.05, 4.69) is 10.1 Å². The second kappa shape index (κ2) is 4.69. The number of Topliss-reactive ketones (excluding diaryl/α,β-unsaturated/α-hetero) is 1. The van der Waals surface area contributed by atoms with Gasteiger partial charge in [0.25, 0.3) is 0 Å². The number of ketones is 1. The van der Waals surface area contributed by atoms with E-state index >= 15 is 0 Å².